The molecule has 3 aromatic rings. The minimum Gasteiger partial charge on any atom is -0.497 e. The van der Waals surface area contributed by atoms with E-state index in [0.29, 0.717) is 25.8 Å². The van der Waals surface area contributed by atoms with Crippen LogP contribution in [0.2, 0.25) is 0 Å². The lowest BCUT2D eigenvalue weighted by molar-refractivity contribution is -0.121. The summed E-state index contributed by atoms with van der Waals surface area (Å²) in [7, 11) is 1.64. The van der Waals surface area contributed by atoms with Gasteiger partial charge in [0, 0.05) is 19.4 Å². The predicted octanol–water partition coefficient (Wildman–Crippen LogP) is 1.49. The van der Waals surface area contributed by atoms with Gasteiger partial charge in [0.2, 0.25) is 10.9 Å². The zero-order chi connectivity index (χ0) is 16.1. The largest absolute Gasteiger partial charge is 0.497 e. The zero-order valence-electron chi connectivity index (χ0n) is 12.7. The Morgan fingerprint density at radius 3 is 2.87 bits per heavy atom. The smallest absolute Gasteiger partial charge is 0.234 e. The van der Waals surface area contributed by atoms with Gasteiger partial charge in [0.25, 0.3) is 0 Å². The molecule has 0 spiro atoms. The number of hydrogen-bond donors (Lipinski definition) is 1. The van der Waals surface area contributed by atoms with Crippen LogP contribution in [0.1, 0.15) is 17.0 Å². The van der Waals surface area contributed by atoms with Gasteiger partial charge in [0.05, 0.1) is 7.11 Å². The number of benzene rings is 1. The van der Waals surface area contributed by atoms with Gasteiger partial charge in [-0.3, -0.25) is 4.79 Å². The van der Waals surface area contributed by atoms with E-state index in [1.807, 2.05) is 24.3 Å². The van der Waals surface area contributed by atoms with Crippen molar-refractivity contribution >= 4 is 22.2 Å². The summed E-state index contributed by atoms with van der Waals surface area (Å²) >= 11 is 1.48. The number of ether oxygens (including phenoxy) is 1. The highest BCUT2D eigenvalue weighted by molar-refractivity contribution is 7.16. The molecule has 0 unspecified atom stereocenters. The molecule has 1 N–H and O–H groups in total. The van der Waals surface area contributed by atoms with Crippen LogP contribution < -0.4 is 10.1 Å². The minimum absolute atomic E-state index is 0.0452. The molecular weight excluding hydrogens is 314 g/mol. The van der Waals surface area contributed by atoms with Crippen molar-refractivity contribution in [2.24, 2.45) is 0 Å². The lowest BCUT2D eigenvalue weighted by Crippen LogP contribution is -2.25. The predicted molar refractivity (Wildman–Crippen MR) is 86.7 cm³/mol. The topological polar surface area (TPSA) is 81.4 Å². The summed E-state index contributed by atoms with van der Waals surface area (Å²) in [5, 5.41) is 15.9. The number of nitrogens with one attached hydrogen (secondary N) is 1. The lowest BCUT2D eigenvalue weighted by Gasteiger charge is -2.05. The molecule has 23 heavy (non-hydrogen) atoms. The maximum Gasteiger partial charge on any atom is 0.234 e. The molecule has 0 aliphatic heterocycles. The van der Waals surface area contributed by atoms with Gasteiger partial charge in [-0.05, 0) is 24.1 Å². The molecule has 0 saturated heterocycles. The number of aromatic nitrogens is 4. The normalized spacial score (nSPS) is 10.8. The molecular formula is C15H17N5O2S. The summed E-state index contributed by atoms with van der Waals surface area (Å²) in [6.07, 6.45) is 3.45. The number of rotatable bonds is 7. The first kappa shape index (κ1) is 15.4. The number of carbonyl (C=O) groups excluding carboxylic acids is 1. The number of fused-ring (bicyclic) bond motifs is 1. The lowest BCUT2D eigenvalue weighted by atomic mass is 10.1. The Labute approximate surface area is 137 Å². The van der Waals surface area contributed by atoms with Crippen LogP contribution in [0.25, 0.3) is 4.96 Å². The third-order valence-electron chi connectivity index (χ3n) is 3.39. The summed E-state index contributed by atoms with van der Waals surface area (Å²) in [6, 6.07) is 7.76. The second-order valence-corrected chi connectivity index (χ2v) is 6.04. The number of methoxy groups -OCH3 is 1. The Morgan fingerprint density at radius 2 is 2.13 bits per heavy atom. The molecule has 0 atom stereocenters. The number of hydrogen-bond acceptors (Lipinski definition) is 6. The maximum atomic E-state index is 11.9. The third kappa shape index (κ3) is 4.04. The molecule has 0 aliphatic rings. The monoisotopic (exact) mass is 331 g/mol. The van der Waals surface area contributed by atoms with Crippen molar-refractivity contribution in [1.82, 2.24) is 25.1 Å². The SMILES string of the molecule is COc1ccc(CCC(=O)NCCc2nn3cnnc3s2)cc1. The van der Waals surface area contributed by atoms with E-state index in [-0.39, 0.29) is 5.91 Å². The van der Waals surface area contributed by atoms with Gasteiger partial charge < -0.3 is 10.1 Å². The highest BCUT2D eigenvalue weighted by Crippen LogP contribution is 2.13. The van der Waals surface area contributed by atoms with Crippen LogP contribution in [-0.2, 0) is 17.6 Å². The Hall–Kier alpha value is -2.48. The van der Waals surface area contributed by atoms with Crippen LogP contribution in [-0.4, -0.2) is 39.4 Å². The van der Waals surface area contributed by atoms with E-state index in [4.69, 9.17) is 4.74 Å². The Morgan fingerprint density at radius 1 is 1.30 bits per heavy atom. The van der Waals surface area contributed by atoms with Crippen molar-refractivity contribution < 1.29 is 9.53 Å². The van der Waals surface area contributed by atoms with E-state index in [1.54, 1.807) is 18.0 Å². The summed E-state index contributed by atoms with van der Waals surface area (Å²) in [5.74, 6) is 0.868. The van der Waals surface area contributed by atoms with Crippen molar-refractivity contribution in [2.45, 2.75) is 19.3 Å². The first-order chi connectivity index (χ1) is 11.2. The first-order valence-corrected chi connectivity index (χ1v) is 8.11. The number of carbonyl (C=O) groups is 1. The van der Waals surface area contributed by atoms with Crippen LogP contribution in [0.5, 0.6) is 5.75 Å². The van der Waals surface area contributed by atoms with Crippen LogP contribution >= 0.6 is 11.3 Å². The number of amides is 1. The molecule has 0 fully saturated rings. The molecule has 0 saturated carbocycles. The quantitative estimate of drug-likeness (QED) is 0.709. The van der Waals surface area contributed by atoms with Crippen molar-refractivity contribution in [2.75, 3.05) is 13.7 Å². The second-order valence-electron chi connectivity index (χ2n) is 5.00. The van der Waals surface area contributed by atoms with Crippen LogP contribution in [0, 0.1) is 0 Å². The second kappa shape index (κ2) is 7.19. The van der Waals surface area contributed by atoms with Crippen LogP contribution in [0.15, 0.2) is 30.6 Å². The average Bonchev–Trinajstić information content (AvgIpc) is 3.15. The van der Waals surface area contributed by atoms with Crippen molar-refractivity contribution in [3.8, 4) is 5.75 Å². The van der Waals surface area contributed by atoms with E-state index in [0.717, 1.165) is 21.3 Å². The van der Waals surface area contributed by atoms with Crippen molar-refractivity contribution in [3.63, 3.8) is 0 Å². The van der Waals surface area contributed by atoms with Gasteiger partial charge >= 0.3 is 0 Å². The molecule has 8 heteroatoms. The molecule has 120 valence electrons. The van der Waals surface area contributed by atoms with E-state index in [2.05, 4.69) is 20.6 Å². The highest BCUT2D eigenvalue weighted by Gasteiger charge is 2.06. The minimum atomic E-state index is 0.0452. The summed E-state index contributed by atoms with van der Waals surface area (Å²) < 4.78 is 6.76. The molecule has 1 amide bonds. The van der Waals surface area contributed by atoms with E-state index in [1.165, 1.54) is 11.3 Å². The fourth-order valence-corrected chi connectivity index (χ4v) is 2.96. The molecule has 2 heterocycles. The zero-order valence-corrected chi connectivity index (χ0v) is 13.5. The summed E-state index contributed by atoms with van der Waals surface area (Å²) in [6.45, 7) is 0.575. The van der Waals surface area contributed by atoms with Gasteiger partial charge in [-0.1, -0.05) is 23.5 Å². The van der Waals surface area contributed by atoms with Gasteiger partial charge in [0.15, 0.2) is 0 Å². The molecule has 3 rings (SSSR count). The summed E-state index contributed by atoms with van der Waals surface area (Å²) in [5.41, 5.74) is 1.12. The number of aryl methyl sites for hydroxylation is 1. The Balaban J connectivity index is 1.39. The average molecular weight is 331 g/mol. The van der Waals surface area contributed by atoms with Gasteiger partial charge in [-0.2, -0.15) is 9.61 Å². The third-order valence-corrected chi connectivity index (χ3v) is 4.36. The van der Waals surface area contributed by atoms with Gasteiger partial charge in [-0.25, -0.2) is 0 Å². The summed E-state index contributed by atoms with van der Waals surface area (Å²) in [4.78, 5) is 12.6. The van der Waals surface area contributed by atoms with Gasteiger partial charge in [-0.15, -0.1) is 10.2 Å². The first-order valence-electron chi connectivity index (χ1n) is 7.30. The Kier molecular flexibility index (Phi) is 4.82. The van der Waals surface area contributed by atoms with Crippen LogP contribution in [0.4, 0.5) is 0 Å². The maximum absolute atomic E-state index is 11.9. The number of nitrogens with zero attached hydrogens (tertiary/aromatic N) is 4. The molecule has 2 aromatic heterocycles. The van der Waals surface area contributed by atoms with E-state index < -0.39 is 0 Å². The van der Waals surface area contributed by atoms with Crippen LogP contribution in [0.3, 0.4) is 0 Å². The Bertz CT molecular complexity index is 752. The van der Waals surface area contributed by atoms with Gasteiger partial charge in [0.1, 0.15) is 17.1 Å². The van der Waals surface area contributed by atoms with E-state index >= 15 is 0 Å². The van der Waals surface area contributed by atoms with Crippen molar-refractivity contribution in [3.05, 3.63) is 41.2 Å². The molecule has 0 aliphatic carbocycles. The van der Waals surface area contributed by atoms with Crippen molar-refractivity contribution in [1.29, 1.82) is 0 Å². The van der Waals surface area contributed by atoms with E-state index in [9.17, 15) is 4.79 Å². The fraction of sp³-hybridized carbons (Fsp3) is 0.333. The molecule has 0 radical (unpaired) electrons. The molecule has 0 bridgehead atoms. The molecule has 1 aromatic carbocycles. The highest BCUT2D eigenvalue weighted by atomic mass is 32.1. The molecule has 7 nitrogen and oxygen atoms in total. The standard InChI is InChI=1S/C15H17N5O2S/c1-22-12-5-2-11(3-6-12)4-7-13(21)16-9-8-14-19-20-10-17-18-15(20)23-14/h2-3,5-6,10H,4,7-9H2,1H3,(H,16,21). The fourth-order valence-electron chi connectivity index (χ4n) is 2.15.